The van der Waals surface area contributed by atoms with Gasteiger partial charge in [-0.25, -0.2) is 0 Å². The summed E-state index contributed by atoms with van der Waals surface area (Å²) in [6.07, 6.45) is 3.35. The van der Waals surface area contributed by atoms with Crippen LogP contribution in [0.3, 0.4) is 0 Å². The van der Waals surface area contributed by atoms with E-state index in [1.54, 1.807) is 21.9 Å². The molecule has 0 radical (unpaired) electrons. The average Bonchev–Trinajstić information content (AvgIpc) is 3.11. The summed E-state index contributed by atoms with van der Waals surface area (Å²) < 4.78 is 5.68. The molecule has 27 heavy (non-hydrogen) atoms. The number of halogens is 1. The fourth-order valence-corrected chi connectivity index (χ4v) is 3.89. The number of fused-ring (bicyclic) bond motifs is 1. The van der Waals surface area contributed by atoms with Crippen molar-refractivity contribution in [2.24, 2.45) is 0 Å². The van der Waals surface area contributed by atoms with Gasteiger partial charge in [0, 0.05) is 35.9 Å². The van der Waals surface area contributed by atoms with Crippen molar-refractivity contribution in [2.45, 2.75) is 25.7 Å². The molecule has 1 saturated heterocycles. The number of aryl methyl sites for hydroxylation is 1. The van der Waals surface area contributed by atoms with Gasteiger partial charge in [0.1, 0.15) is 5.75 Å². The number of benzene rings is 2. The molecule has 0 bridgehead atoms. The Morgan fingerprint density at radius 1 is 1.04 bits per heavy atom. The van der Waals surface area contributed by atoms with Gasteiger partial charge in [0.15, 0.2) is 6.61 Å². The summed E-state index contributed by atoms with van der Waals surface area (Å²) in [6.45, 7) is 1.42. The van der Waals surface area contributed by atoms with E-state index in [9.17, 15) is 9.59 Å². The van der Waals surface area contributed by atoms with Crippen LogP contribution in [0.25, 0.3) is 0 Å². The van der Waals surface area contributed by atoms with Gasteiger partial charge in [-0.2, -0.15) is 0 Å². The van der Waals surface area contributed by atoms with Gasteiger partial charge in [0.25, 0.3) is 5.91 Å². The van der Waals surface area contributed by atoms with Gasteiger partial charge in [-0.05, 0) is 67.3 Å². The highest BCUT2D eigenvalue weighted by molar-refractivity contribution is 6.30. The van der Waals surface area contributed by atoms with Crippen LogP contribution in [-0.4, -0.2) is 31.5 Å². The third-order valence-corrected chi connectivity index (χ3v) is 5.28. The SMILES string of the molecule is O=C1CCCN1c1ccc(OCC(=O)N2CCCc3cc(Cl)ccc32)cc1. The molecule has 2 heterocycles. The number of nitrogens with zero attached hydrogens (tertiary/aromatic N) is 2. The van der Waals surface area contributed by atoms with Crippen LogP contribution in [0.15, 0.2) is 42.5 Å². The van der Waals surface area contributed by atoms with Crippen molar-refractivity contribution in [1.29, 1.82) is 0 Å². The standard InChI is InChI=1S/C21H21ClN2O3/c22-16-5-10-19-15(13-16)3-1-12-24(19)21(26)14-27-18-8-6-17(7-9-18)23-11-2-4-20(23)25/h5-10,13H,1-4,11-12,14H2. The van der Waals surface area contributed by atoms with Gasteiger partial charge in [0.2, 0.25) is 5.91 Å². The summed E-state index contributed by atoms with van der Waals surface area (Å²) in [4.78, 5) is 28.0. The maximum atomic E-state index is 12.7. The monoisotopic (exact) mass is 384 g/mol. The van der Waals surface area contributed by atoms with Crippen molar-refractivity contribution in [2.75, 3.05) is 29.5 Å². The first-order valence-electron chi connectivity index (χ1n) is 9.24. The number of carbonyl (C=O) groups is 2. The molecule has 140 valence electrons. The number of carbonyl (C=O) groups excluding carboxylic acids is 2. The number of anilines is 2. The smallest absolute Gasteiger partial charge is 0.264 e. The first kappa shape index (κ1) is 17.9. The topological polar surface area (TPSA) is 49.9 Å². The van der Waals surface area contributed by atoms with Crippen molar-refractivity contribution >= 4 is 34.8 Å². The highest BCUT2D eigenvalue weighted by atomic mass is 35.5. The lowest BCUT2D eigenvalue weighted by molar-refractivity contribution is -0.120. The van der Waals surface area contributed by atoms with Crippen LogP contribution in [0.1, 0.15) is 24.8 Å². The van der Waals surface area contributed by atoms with E-state index in [0.29, 0.717) is 23.7 Å². The Kier molecular flexibility index (Phi) is 5.03. The molecule has 0 atom stereocenters. The van der Waals surface area contributed by atoms with Crippen molar-refractivity contribution in [3.8, 4) is 5.75 Å². The predicted octanol–water partition coefficient (Wildman–Crippen LogP) is 3.83. The van der Waals surface area contributed by atoms with E-state index < -0.39 is 0 Å². The highest BCUT2D eigenvalue weighted by Gasteiger charge is 2.24. The van der Waals surface area contributed by atoms with Gasteiger partial charge in [-0.15, -0.1) is 0 Å². The van der Waals surface area contributed by atoms with Crippen LogP contribution in [0.2, 0.25) is 5.02 Å². The van der Waals surface area contributed by atoms with Gasteiger partial charge in [-0.1, -0.05) is 11.6 Å². The lowest BCUT2D eigenvalue weighted by atomic mass is 10.0. The predicted molar refractivity (Wildman–Crippen MR) is 106 cm³/mol. The molecule has 2 aliphatic rings. The first-order valence-corrected chi connectivity index (χ1v) is 9.61. The van der Waals surface area contributed by atoms with Crippen molar-refractivity contribution in [1.82, 2.24) is 0 Å². The molecule has 0 saturated carbocycles. The van der Waals surface area contributed by atoms with E-state index in [2.05, 4.69) is 0 Å². The fourth-order valence-electron chi connectivity index (χ4n) is 3.69. The van der Waals surface area contributed by atoms with Gasteiger partial charge in [-0.3, -0.25) is 9.59 Å². The zero-order valence-electron chi connectivity index (χ0n) is 15.0. The van der Waals surface area contributed by atoms with Crippen LogP contribution >= 0.6 is 11.6 Å². The molecule has 0 aliphatic carbocycles. The molecule has 4 rings (SSSR count). The maximum Gasteiger partial charge on any atom is 0.264 e. The van der Waals surface area contributed by atoms with Crippen LogP contribution in [-0.2, 0) is 16.0 Å². The van der Waals surface area contributed by atoms with Crippen LogP contribution in [0, 0.1) is 0 Å². The second kappa shape index (κ2) is 7.61. The van der Waals surface area contributed by atoms with Crippen LogP contribution in [0.4, 0.5) is 11.4 Å². The summed E-state index contributed by atoms with van der Waals surface area (Å²) in [7, 11) is 0. The number of ether oxygens (including phenoxy) is 1. The zero-order valence-corrected chi connectivity index (χ0v) is 15.7. The summed E-state index contributed by atoms with van der Waals surface area (Å²) in [6, 6.07) is 13.0. The molecule has 2 aliphatic heterocycles. The summed E-state index contributed by atoms with van der Waals surface area (Å²) in [5.41, 5.74) is 2.89. The molecule has 2 aromatic carbocycles. The Labute approximate surface area is 163 Å². The van der Waals surface area contributed by atoms with E-state index in [1.807, 2.05) is 30.3 Å². The third kappa shape index (κ3) is 3.78. The lowest BCUT2D eigenvalue weighted by Gasteiger charge is -2.29. The van der Waals surface area contributed by atoms with Crippen LogP contribution < -0.4 is 14.5 Å². The molecule has 0 aromatic heterocycles. The minimum atomic E-state index is -0.0722. The summed E-state index contributed by atoms with van der Waals surface area (Å²) in [5.74, 6) is 0.701. The molecule has 0 unspecified atom stereocenters. The molecule has 2 aromatic rings. The lowest BCUT2D eigenvalue weighted by Crippen LogP contribution is -2.38. The van der Waals surface area contributed by atoms with E-state index in [4.69, 9.17) is 16.3 Å². The van der Waals surface area contributed by atoms with Crippen molar-refractivity contribution < 1.29 is 14.3 Å². The average molecular weight is 385 g/mol. The quantitative estimate of drug-likeness (QED) is 0.805. The third-order valence-electron chi connectivity index (χ3n) is 5.05. The normalized spacial score (nSPS) is 16.4. The number of rotatable bonds is 4. The fraction of sp³-hybridized carbons (Fsp3) is 0.333. The van der Waals surface area contributed by atoms with Crippen LogP contribution in [0.5, 0.6) is 5.75 Å². The highest BCUT2D eigenvalue weighted by Crippen LogP contribution is 2.30. The molecule has 6 heteroatoms. The van der Waals surface area contributed by atoms with E-state index in [1.165, 1.54) is 0 Å². The Bertz CT molecular complexity index is 866. The van der Waals surface area contributed by atoms with Crippen molar-refractivity contribution in [3.63, 3.8) is 0 Å². The van der Waals surface area contributed by atoms with Crippen molar-refractivity contribution in [3.05, 3.63) is 53.1 Å². The summed E-state index contributed by atoms with van der Waals surface area (Å²) in [5, 5.41) is 0.691. The Morgan fingerprint density at radius 3 is 2.56 bits per heavy atom. The maximum absolute atomic E-state index is 12.7. The minimum absolute atomic E-state index is 0.0238. The van der Waals surface area contributed by atoms with Gasteiger partial charge in [0.05, 0.1) is 0 Å². The molecule has 1 fully saturated rings. The van der Waals surface area contributed by atoms with E-state index >= 15 is 0 Å². The second-order valence-corrected chi connectivity index (χ2v) is 7.29. The van der Waals surface area contributed by atoms with E-state index in [-0.39, 0.29) is 18.4 Å². The molecule has 5 nitrogen and oxygen atoms in total. The Morgan fingerprint density at radius 2 is 1.81 bits per heavy atom. The molecular formula is C21H21ClN2O3. The largest absolute Gasteiger partial charge is 0.484 e. The van der Waals surface area contributed by atoms with E-state index in [0.717, 1.165) is 42.7 Å². The molecular weight excluding hydrogens is 364 g/mol. The molecule has 0 N–H and O–H groups in total. The molecule has 0 spiro atoms. The number of hydrogen-bond acceptors (Lipinski definition) is 3. The Balaban J connectivity index is 1.39. The van der Waals surface area contributed by atoms with Gasteiger partial charge < -0.3 is 14.5 Å². The minimum Gasteiger partial charge on any atom is -0.484 e. The first-order chi connectivity index (χ1) is 13.1. The second-order valence-electron chi connectivity index (χ2n) is 6.85. The molecule has 2 amide bonds. The Hall–Kier alpha value is -2.53. The number of amides is 2. The zero-order chi connectivity index (χ0) is 18.8. The summed E-state index contributed by atoms with van der Waals surface area (Å²) >= 11 is 6.06. The van der Waals surface area contributed by atoms with Gasteiger partial charge >= 0.3 is 0 Å². The number of hydrogen-bond donors (Lipinski definition) is 0.